The largest absolute Gasteiger partial charge is 0.147 e. The second-order valence-corrected chi connectivity index (χ2v) is 4.22. The Morgan fingerprint density at radius 2 is 1.94 bits per heavy atom. The second kappa shape index (κ2) is 8.13. The van der Waals surface area contributed by atoms with Gasteiger partial charge in [0, 0.05) is 0 Å². The molecule has 0 spiro atoms. The molecule has 0 fully saturated rings. The van der Waals surface area contributed by atoms with Crippen LogP contribution in [0.2, 0.25) is 0 Å². The third-order valence-corrected chi connectivity index (χ3v) is 2.86. The SMILES string of the molecule is CC1=CCC(c2ccccc2C[O][Ti])=C1.Cl.Cl. The van der Waals surface area contributed by atoms with Crippen LogP contribution in [0.3, 0.4) is 0 Å². The molecule has 1 aromatic rings. The van der Waals surface area contributed by atoms with E-state index in [1.54, 1.807) is 20.8 Å². The Kier molecular flexibility index (Phi) is 8.10. The first-order valence-corrected chi connectivity index (χ1v) is 5.69. The molecule has 0 saturated carbocycles. The number of benzene rings is 1. The van der Waals surface area contributed by atoms with Crippen LogP contribution in [-0.4, -0.2) is 0 Å². The van der Waals surface area contributed by atoms with Gasteiger partial charge in [-0.25, -0.2) is 0 Å². The maximum absolute atomic E-state index is 5.21. The molecule has 0 N–H and O–H groups in total. The zero-order valence-corrected chi connectivity index (χ0v) is 12.8. The summed E-state index contributed by atoms with van der Waals surface area (Å²) in [6, 6.07) is 8.45. The summed E-state index contributed by atoms with van der Waals surface area (Å²) in [6.45, 7) is 2.83. The van der Waals surface area contributed by atoms with Crippen molar-refractivity contribution < 1.29 is 24.1 Å². The fraction of sp³-hybridized carbons (Fsp3) is 0.231. The summed E-state index contributed by atoms with van der Waals surface area (Å²) in [4.78, 5) is 0. The first kappa shape index (κ1) is 17.0. The Labute approximate surface area is 127 Å². The third kappa shape index (κ3) is 4.28. The van der Waals surface area contributed by atoms with Crippen LogP contribution in [0.4, 0.5) is 0 Å². The van der Waals surface area contributed by atoms with Gasteiger partial charge < -0.3 is 0 Å². The van der Waals surface area contributed by atoms with Gasteiger partial charge in [0.05, 0.1) is 0 Å². The van der Waals surface area contributed by atoms with Gasteiger partial charge >= 0.3 is 103 Å². The van der Waals surface area contributed by atoms with Crippen molar-refractivity contribution >= 4 is 30.4 Å². The molecule has 17 heavy (non-hydrogen) atoms. The second-order valence-electron chi connectivity index (χ2n) is 3.77. The average molecular weight is 306 g/mol. The van der Waals surface area contributed by atoms with Gasteiger partial charge in [-0.2, -0.15) is 0 Å². The van der Waals surface area contributed by atoms with Crippen LogP contribution >= 0.6 is 24.8 Å². The Bertz CT molecular complexity index is 427. The van der Waals surface area contributed by atoms with E-state index in [-0.39, 0.29) is 24.8 Å². The average Bonchev–Trinajstić information content (AvgIpc) is 2.66. The van der Waals surface area contributed by atoms with Crippen molar-refractivity contribution in [2.75, 3.05) is 0 Å². The zero-order valence-electron chi connectivity index (χ0n) is 9.60. The standard InChI is InChI=1S/C13H13O.2ClH.Ti/c1-10-6-7-11(8-10)13-5-3-2-4-12(13)9-14;;;/h2-6,8H,7,9H2,1H3;2*1H;/q-1;;;+1. The summed E-state index contributed by atoms with van der Waals surface area (Å²) >= 11 is 1.74. The molecule has 0 aromatic heterocycles. The van der Waals surface area contributed by atoms with E-state index in [0.29, 0.717) is 6.61 Å². The molecular weight excluding hydrogens is 291 g/mol. The maximum Gasteiger partial charge on any atom is -0.147 e. The van der Waals surface area contributed by atoms with Gasteiger partial charge in [-0.1, -0.05) is 0 Å². The minimum absolute atomic E-state index is 0. The van der Waals surface area contributed by atoms with E-state index in [4.69, 9.17) is 3.32 Å². The van der Waals surface area contributed by atoms with E-state index >= 15 is 0 Å². The molecule has 0 radical (unpaired) electrons. The molecule has 1 aromatic carbocycles. The summed E-state index contributed by atoms with van der Waals surface area (Å²) in [5.41, 5.74) is 5.36. The number of halogens is 2. The molecule has 0 aliphatic heterocycles. The van der Waals surface area contributed by atoms with Crippen LogP contribution in [0, 0.1) is 0 Å². The van der Waals surface area contributed by atoms with Crippen molar-refractivity contribution in [1.29, 1.82) is 0 Å². The van der Waals surface area contributed by atoms with Gasteiger partial charge in [0.25, 0.3) is 0 Å². The summed E-state index contributed by atoms with van der Waals surface area (Å²) in [6.07, 6.45) is 5.57. The van der Waals surface area contributed by atoms with Crippen molar-refractivity contribution in [2.24, 2.45) is 0 Å². The molecule has 0 amide bonds. The van der Waals surface area contributed by atoms with Crippen LogP contribution in [-0.2, 0) is 30.7 Å². The molecule has 0 heterocycles. The topological polar surface area (TPSA) is 9.23 Å². The number of rotatable bonds is 3. The summed E-state index contributed by atoms with van der Waals surface area (Å²) in [5.74, 6) is 0. The van der Waals surface area contributed by atoms with Crippen molar-refractivity contribution in [2.45, 2.75) is 20.0 Å². The Balaban J connectivity index is 0.00000128. The molecule has 91 valence electrons. The molecule has 4 heteroatoms. The van der Waals surface area contributed by atoms with E-state index in [0.717, 1.165) is 6.42 Å². The fourth-order valence-electron chi connectivity index (χ4n) is 1.89. The van der Waals surface area contributed by atoms with Crippen LogP contribution in [0.25, 0.3) is 5.57 Å². The predicted molar refractivity (Wildman–Crippen MR) is 72.1 cm³/mol. The van der Waals surface area contributed by atoms with Gasteiger partial charge in [-0.15, -0.1) is 24.8 Å². The fourth-order valence-corrected chi connectivity index (χ4v) is 2.13. The first-order valence-electron chi connectivity index (χ1n) is 5.05. The van der Waals surface area contributed by atoms with Crippen LogP contribution < -0.4 is 0 Å². The van der Waals surface area contributed by atoms with E-state index < -0.39 is 0 Å². The van der Waals surface area contributed by atoms with Gasteiger partial charge in [-0.05, 0) is 0 Å². The minimum atomic E-state index is 0. The van der Waals surface area contributed by atoms with Crippen LogP contribution in [0.1, 0.15) is 24.5 Å². The third-order valence-electron chi connectivity index (χ3n) is 2.64. The van der Waals surface area contributed by atoms with Gasteiger partial charge in [0.2, 0.25) is 0 Å². The smallest absolute Gasteiger partial charge is 0.147 e. The Hall–Kier alpha value is -0.0457. The molecule has 1 aliphatic rings. The van der Waals surface area contributed by atoms with Crippen LogP contribution in [0.15, 0.2) is 42.0 Å². The summed E-state index contributed by atoms with van der Waals surface area (Å²) in [5, 5.41) is 0. The monoisotopic (exact) mass is 305 g/mol. The van der Waals surface area contributed by atoms with E-state index in [1.807, 2.05) is 0 Å². The number of hydrogen-bond donors (Lipinski definition) is 0. The van der Waals surface area contributed by atoms with Crippen molar-refractivity contribution in [3.8, 4) is 0 Å². The van der Waals surface area contributed by atoms with Gasteiger partial charge in [-0.3, -0.25) is 0 Å². The van der Waals surface area contributed by atoms with E-state index in [9.17, 15) is 0 Å². The molecule has 1 aliphatic carbocycles. The summed E-state index contributed by atoms with van der Waals surface area (Å²) < 4.78 is 5.21. The maximum atomic E-state index is 5.21. The van der Waals surface area contributed by atoms with Crippen molar-refractivity contribution in [3.05, 3.63) is 53.1 Å². The quantitative estimate of drug-likeness (QED) is 0.759. The predicted octanol–water partition coefficient (Wildman–Crippen LogP) is 4.24. The molecule has 1 nitrogen and oxygen atoms in total. The normalized spacial score (nSPS) is 13.2. The van der Waals surface area contributed by atoms with E-state index in [1.165, 1.54) is 22.3 Å². The van der Waals surface area contributed by atoms with E-state index in [2.05, 4.69) is 43.3 Å². The Morgan fingerprint density at radius 3 is 2.53 bits per heavy atom. The van der Waals surface area contributed by atoms with Gasteiger partial charge in [0.15, 0.2) is 0 Å². The Morgan fingerprint density at radius 1 is 1.24 bits per heavy atom. The molecule has 0 atom stereocenters. The zero-order chi connectivity index (χ0) is 10.7. The van der Waals surface area contributed by atoms with Crippen LogP contribution in [0.5, 0.6) is 0 Å². The number of allylic oxidation sites excluding steroid dienone is 4. The minimum Gasteiger partial charge on any atom is -0.147 e. The first-order chi connectivity index (χ1) is 7.31. The molecule has 0 saturated heterocycles. The molecule has 2 rings (SSSR count). The molecule has 0 bridgehead atoms. The number of hydrogen-bond acceptors (Lipinski definition) is 1. The molecular formula is C13H15Cl2OTi. The summed E-state index contributed by atoms with van der Waals surface area (Å²) in [7, 11) is 0. The van der Waals surface area contributed by atoms with Crippen molar-refractivity contribution in [3.63, 3.8) is 0 Å². The van der Waals surface area contributed by atoms with Gasteiger partial charge in [0.1, 0.15) is 0 Å². The molecule has 0 unspecified atom stereocenters. The van der Waals surface area contributed by atoms with Crippen molar-refractivity contribution in [1.82, 2.24) is 0 Å².